The van der Waals surface area contributed by atoms with Gasteiger partial charge in [0.05, 0.1) is 6.61 Å². The number of benzene rings is 2. The van der Waals surface area contributed by atoms with Gasteiger partial charge in [-0.2, -0.15) is 0 Å². The number of thiocarbonyl (C=S) groups is 1. The van der Waals surface area contributed by atoms with Crippen LogP contribution < -0.4 is 4.74 Å². The summed E-state index contributed by atoms with van der Waals surface area (Å²) >= 11 is 5.24. The Labute approximate surface area is 174 Å². The van der Waals surface area contributed by atoms with Gasteiger partial charge in [0.2, 0.25) is 0 Å². The fraction of sp³-hybridized carbons (Fsp3) is 0.381. The number of rotatable bonds is 4. The standard InChI is InChI=1S/C21H22O7S/c1-23-20-16(22)18(28-21(29)25-14-10-6-3-7-11-14)17-15(26-20)12-24-19(27-17)13-8-4-2-5-9-13/h2-11,15-20,22H,12H2,1H3/t15-,16-,17-,18-,19-,20+/m1/s1. The third-order valence-electron chi connectivity index (χ3n) is 4.79. The molecule has 1 N–H and O–H groups in total. The minimum atomic E-state index is -1.13. The van der Waals surface area contributed by atoms with Gasteiger partial charge in [-0.25, -0.2) is 0 Å². The first kappa shape index (κ1) is 20.2. The maximum Gasteiger partial charge on any atom is 0.358 e. The van der Waals surface area contributed by atoms with E-state index in [1.807, 2.05) is 48.5 Å². The Bertz CT molecular complexity index is 803. The SMILES string of the molecule is CO[C@H]1O[C@@H]2CO[C@@H](c3ccccc3)O[C@H]2[C@H](OC(=S)Oc2ccccc2)[C@H]1O. The molecular formula is C21H22O7S. The Morgan fingerprint density at radius 2 is 1.72 bits per heavy atom. The lowest BCUT2D eigenvalue weighted by Gasteiger charge is -2.47. The first-order valence-corrected chi connectivity index (χ1v) is 9.68. The molecule has 2 aromatic carbocycles. The fourth-order valence-electron chi connectivity index (χ4n) is 3.39. The molecule has 7 nitrogen and oxygen atoms in total. The quantitative estimate of drug-likeness (QED) is 0.760. The monoisotopic (exact) mass is 418 g/mol. The van der Waals surface area contributed by atoms with Gasteiger partial charge < -0.3 is 33.5 Å². The molecule has 2 aromatic rings. The van der Waals surface area contributed by atoms with E-state index in [2.05, 4.69) is 0 Å². The number of ether oxygens (including phenoxy) is 6. The Hall–Kier alpha value is -2.07. The molecule has 2 heterocycles. The van der Waals surface area contributed by atoms with Crippen LogP contribution in [0.4, 0.5) is 0 Å². The second-order valence-electron chi connectivity index (χ2n) is 6.69. The maximum absolute atomic E-state index is 10.7. The summed E-state index contributed by atoms with van der Waals surface area (Å²) in [5.74, 6) is 0.536. The first-order chi connectivity index (χ1) is 14.2. The van der Waals surface area contributed by atoms with Crippen molar-refractivity contribution in [3.05, 3.63) is 66.2 Å². The van der Waals surface area contributed by atoms with Crippen LogP contribution in [0.3, 0.4) is 0 Å². The summed E-state index contributed by atoms with van der Waals surface area (Å²) in [5, 5.41) is 10.6. The van der Waals surface area contributed by atoms with Crippen LogP contribution in [0.1, 0.15) is 11.9 Å². The molecule has 29 heavy (non-hydrogen) atoms. The van der Waals surface area contributed by atoms with Crippen molar-refractivity contribution in [2.75, 3.05) is 13.7 Å². The molecule has 2 aliphatic rings. The van der Waals surface area contributed by atoms with Gasteiger partial charge >= 0.3 is 5.24 Å². The van der Waals surface area contributed by atoms with Gasteiger partial charge in [0, 0.05) is 24.9 Å². The van der Waals surface area contributed by atoms with Crippen LogP contribution in [0.2, 0.25) is 0 Å². The number of fused-ring (bicyclic) bond motifs is 1. The largest absolute Gasteiger partial charge is 0.447 e. The highest BCUT2D eigenvalue weighted by Gasteiger charge is 2.51. The molecule has 0 saturated carbocycles. The Kier molecular flexibility index (Phi) is 6.39. The van der Waals surface area contributed by atoms with Crippen LogP contribution in [0.5, 0.6) is 5.75 Å². The van der Waals surface area contributed by atoms with E-state index in [9.17, 15) is 5.11 Å². The van der Waals surface area contributed by atoms with Crippen molar-refractivity contribution >= 4 is 17.5 Å². The number of hydrogen-bond acceptors (Lipinski definition) is 8. The van der Waals surface area contributed by atoms with Crippen LogP contribution in [-0.4, -0.2) is 54.8 Å². The summed E-state index contributed by atoms with van der Waals surface area (Å²) in [6.07, 6.45) is -4.62. The summed E-state index contributed by atoms with van der Waals surface area (Å²) in [6, 6.07) is 18.6. The second kappa shape index (κ2) is 9.17. The van der Waals surface area contributed by atoms with Gasteiger partial charge in [-0.1, -0.05) is 48.5 Å². The molecule has 0 radical (unpaired) electrons. The molecule has 2 aliphatic heterocycles. The molecule has 2 saturated heterocycles. The molecule has 4 rings (SSSR count). The van der Waals surface area contributed by atoms with Gasteiger partial charge in [0.15, 0.2) is 18.7 Å². The first-order valence-electron chi connectivity index (χ1n) is 9.27. The van der Waals surface area contributed by atoms with E-state index >= 15 is 0 Å². The van der Waals surface area contributed by atoms with Crippen LogP contribution >= 0.6 is 12.2 Å². The van der Waals surface area contributed by atoms with Crippen molar-refractivity contribution in [3.8, 4) is 5.75 Å². The fourth-order valence-corrected chi connectivity index (χ4v) is 3.60. The van der Waals surface area contributed by atoms with E-state index in [0.29, 0.717) is 5.75 Å². The maximum atomic E-state index is 10.7. The Balaban J connectivity index is 1.51. The topological polar surface area (TPSA) is 75.6 Å². The van der Waals surface area contributed by atoms with E-state index in [0.717, 1.165) is 5.56 Å². The molecule has 0 spiro atoms. The van der Waals surface area contributed by atoms with Gasteiger partial charge in [-0.05, 0) is 12.1 Å². The summed E-state index contributed by atoms with van der Waals surface area (Å²) in [4.78, 5) is 0. The number of hydrogen-bond donors (Lipinski definition) is 1. The highest BCUT2D eigenvalue weighted by molar-refractivity contribution is 7.79. The third kappa shape index (κ3) is 4.58. The molecule has 8 heteroatoms. The molecule has 0 aromatic heterocycles. The molecule has 0 aliphatic carbocycles. The Morgan fingerprint density at radius 1 is 1.03 bits per heavy atom. The van der Waals surface area contributed by atoms with Crippen molar-refractivity contribution in [2.24, 2.45) is 0 Å². The molecule has 6 atom stereocenters. The van der Waals surface area contributed by atoms with Crippen LogP contribution in [-0.2, 0) is 23.7 Å². The van der Waals surface area contributed by atoms with Gasteiger partial charge in [0.25, 0.3) is 0 Å². The van der Waals surface area contributed by atoms with E-state index in [1.165, 1.54) is 7.11 Å². The number of aliphatic hydroxyl groups is 1. The van der Waals surface area contributed by atoms with E-state index in [4.69, 9.17) is 40.6 Å². The van der Waals surface area contributed by atoms with Crippen molar-refractivity contribution in [3.63, 3.8) is 0 Å². The average Bonchev–Trinajstić information content (AvgIpc) is 2.76. The highest BCUT2D eigenvalue weighted by atomic mass is 32.1. The minimum Gasteiger partial charge on any atom is -0.447 e. The average molecular weight is 418 g/mol. The summed E-state index contributed by atoms with van der Waals surface area (Å²) in [7, 11) is 1.45. The zero-order valence-electron chi connectivity index (χ0n) is 15.7. The number of methoxy groups -OCH3 is 1. The molecule has 0 unspecified atom stereocenters. The predicted molar refractivity (Wildman–Crippen MR) is 106 cm³/mol. The zero-order chi connectivity index (χ0) is 20.2. The summed E-state index contributed by atoms with van der Waals surface area (Å²) in [5.41, 5.74) is 0.858. The number of para-hydroxylation sites is 1. The Morgan fingerprint density at radius 3 is 2.41 bits per heavy atom. The molecule has 154 valence electrons. The third-order valence-corrected chi connectivity index (χ3v) is 4.97. The zero-order valence-corrected chi connectivity index (χ0v) is 16.6. The predicted octanol–water partition coefficient (Wildman–Crippen LogP) is 2.58. The molecule has 0 bridgehead atoms. The van der Waals surface area contributed by atoms with Crippen molar-refractivity contribution < 1.29 is 33.5 Å². The summed E-state index contributed by atoms with van der Waals surface area (Å²) < 4.78 is 34.3. The molecule has 2 fully saturated rings. The lowest BCUT2D eigenvalue weighted by molar-refractivity contribution is -0.356. The van der Waals surface area contributed by atoms with E-state index in [-0.39, 0.29) is 11.8 Å². The lowest BCUT2D eigenvalue weighted by Crippen LogP contribution is -2.63. The van der Waals surface area contributed by atoms with Crippen LogP contribution in [0, 0.1) is 0 Å². The van der Waals surface area contributed by atoms with Crippen LogP contribution in [0.25, 0.3) is 0 Å². The van der Waals surface area contributed by atoms with Crippen molar-refractivity contribution in [1.82, 2.24) is 0 Å². The lowest BCUT2D eigenvalue weighted by atomic mass is 9.97. The smallest absolute Gasteiger partial charge is 0.358 e. The van der Waals surface area contributed by atoms with E-state index in [1.54, 1.807) is 12.1 Å². The molecule has 0 amide bonds. The second-order valence-corrected chi connectivity index (χ2v) is 7.03. The minimum absolute atomic E-state index is 0.123. The molecular weight excluding hydrogens is 396 g/mol. The van der Waals surface area contributed by atoms with Gasteiger partial charge in [0.1, 0.15) is 24.1 Å². The van der Waals surface area contributed by atoms with Gasteiger partial charge in [-0.15, -0.1) is 0 Å². The number of aliphatic hydroxyl groups excluding tert-OH is 1. The normalized spacial score (nSPS) is 31.5. The van der Waals surface area contributed by atoms with Crippen molar-refractivity contribution in [2.45, 2.75) is 37.0 Å². The van der Waals surface area contributed by atoms with Crippen LogP contribution in [0.15, 0.2) is 60.7 Å². The highest BCUT2D eigenvalue weighted by Crippen LogP contribution is 2.35. The summed E-state index contributed by atoms with van der Waals surface area (Å²) in [6.45, 7) is 0.253. The van der Waals surface area contributed by atoms with Gasteiger partial charge in [-0.3, -0.25) is 0 Å². The van der Waals surface area contributed by atoms with Crippen molar-refractivity contribution in [1.29, 1.82) is 0 Å². The van der Waals surface area contributed by atoms with E-state index < -0.39 is 37.0 Å².